The zero-order chi connectivity index (χ0) is 14.8. The fourth-order valence-corrected chi connectivity index (χ4v) is 2.93. The van der Waals surface area contributed by atoms with Crippen LogP contribution in [0.25, 0.3) is 0 Å². The predicted molar refractivity (Wildman–Crippen MR) is 85.6 cm³/mol. The molecule has 0 saturated heterocycles. The number of ether oxygens (including phenoxy) is 1. The highest BCUT2D eigenvalue weighted by molar-refractivity contribution is 5.49. The van der Waals surface area contributed by atoms with E-state index < -0.39 is 0 Å². The van der Waals surface area contributed by atoms with Crippen LogP contribution in [0.5, 0.6) is 5.75 Å². The lowest BCUT2D eigenvalue weighted by Crippen LogP contribution is -2.23. The second-order valence-electron chi connectivity index (χ2n) is 6.98. The van der Waals surface area contributed by atoms with Crippen LogP contribution in [0.4, 0.5) is 0 Å². The van der Waals surface area contributed by atoms with E-state index >= 15 is 0 Å². The van der Waals surface area contributed by atoms with Gasteiger partial charge in [-0.05, 0) is 38.1 Å². The van der Waals surface area contributed by atoms with E-state index in [-0.39, 0.29) is 5.41 Å². The first-order chi connectivity index (χ1) is 9.43. The van der Waals surface area contributed by atoms with Crippen LogP contribution in [0.15, 0.2) is 12.1 Å². The number of aryl methyl sites for hydroxylation is 1. The number of nitrogens with one attached hydrogen (secondary N) is 1. The van der Waals surface area contributed by atoms with Gasteiger partial charge in [0, 0.05) is 17.2 Å². The van der Waals surface area contributed by atoms with Crippen molar-refractivity contribution in [1.82, 2.24) is 5.32 Å². The standard InChI is InChI=1S/C18H29NO/c1-6-9-19-16-8-7-10-20-17-14(16)11-13(2)12-15(17)18(3,4)5/h11-12,16,19H,6-10H2,1-5H3. The molecular formula is C18H29NO. The zero-order valence-electron chi connectivity index (χ0n) is 13.7. The minimum Gasteiger partial charge on any atom is -0.493 e. The van der Waals surface area contributed by atoms with Crippen LogP contribution in [-0.4, -0.2) is 13.2 Å². The summed E-state index contributed by atoms with van der Waals surface area (Å²) < 4.78 is 6.13. The Morgan fingerprint density at radius 3 is 2.70 bits per heavy atom. The van der Waals surface area contributed by atoms with E-state index in [2.05, 4.69) is 52.1 Å². The van der Waals surface area contributed by atoms with Crippen LogP contribution in [-0.2, 0) is 5.41 Å². The highest BCUT2D eigenvalue weighted by Crippen LogP contribution is 2.40. The Kier molecular flexibility index (Phi) is 4.74. The van der Waals surface area contributed by atoms with Gasteiger partial charge in [-0.3, -0.25) is 0 Å². The number of benzene rings is 1. The largest absolute Gasteiger partial charge is 0.493 e. The maximum absolute atomic E-state index is 6.13. The van der Waals surface area contributed by atoms with Crippen LogP contribution < -0.4 is 10.1 Å². The molecule has 0 aromatic heterocycles. The second kappa shape index (κ2) is 6.17. The lowest BCUT2D eigenvalue weighted by Gasteiger charge is -2.27. The fourth-order valence-electron chi connectivity index (χ4n) is 2.93. The summed E-state index contributed by atoms with van der Waals surface area (Å²) in [7, 11) is 0. The first-order valence-corrected chi connectivity index (χ1v) is 7.94. The molecule has 1 N–H and O–H groups in total. The molecule has 0 fully saturated rings. The van der Waals surface area contributed by atoms with Crippen LogP contribution in [0, 0.1) is 6.92 Å². The molecule has 0 bridgehead atoms. The van der Waals surface area contributed by atoms with E-state index in [0.29, 0.717) is 6.04 Å². The van der Waals surface area contributed by atoms with Crippen molar-refractivity contribution >= 4 is 0 Å². The van der Waals surface area contributed by atoms with Crippen LogP contribution in [0.3, 0.4) is 0 Å². The van der Waals surface area contributed by atoms with Crippen LogP contribution >= 0.6 is 0 Å². The molecule has 1 aromatic carbocycles. The predicted octanol–water partition coefficient (Wildman–Crippen LogP) is 4.51. The van der Waals surface area contributed by atoms with Crippen molar-refractivity contribution in [3.05, 3.63) is 28.8 Å². The summed E-state index contributed by atoms with van der Waals surface area (Å²) >= 11 is 0. The minimum atomic E-state index is 0.121. The van der Waals surface area contributed by atoms with E-state index in [4.69, 9.17) is 4.74 Å². The highest BCUT2D eigenvalue weighted by Gasteiger charge is 2.27. The summed E-state index contributed by atoms with van der Waals surface area (Å²) in [5.74, 6) is 1.13. The normalized spacial score (nSPS) is 19.1. The average molecular weight is 275 g/mol. The van der Waals surface area contributed by atoms with E-state index in [9.17, 15) is 0 Å². The zero-order valence-corrected chi connectivity index (χ0v) is 13.7. The molecule has 0 amide bonds. The Bertz CT molecular complexity index is 459. The topological polar surface area (TPSA) is 21.3 Å². The minimum absolute atomic E-state index is 0.121. The molecule has 0 aliphatic carbocycles. The van der Waals surface area contributed by atoms with Gasteiger partial charge in [-0.2, -0.15) is 0 Å². The quantitative estimate of drug-likeness (QED) is 0.876. The second-order valence-corrected chi connectivity index (χ2v) is 6.98. The molecule has 1 aliphatic rings. The molecule has 0 spiro atoms. The highest BCUT2D eigenvalue weighted by atomic mass is 16.5. The molecule has 1 aliphatic heterocycles. The summed E-state index contributed by atoms with van der Waals surface area (Å²) in [6, 6.07) is 5.04. The number of fused-ring (bicyclic) bond motifs is 1. The van der Waals surface area contributed by atoms with E-state index in [1.165, 1.54) is 29.5 Å². The van der Waals surface area contributed by atoms with Crippen molar-refractivity contribution in [3.63, 3.8) is 0 Å². The monoisotopic (exact) mass is 275 g/mol. The Labute approximate surface area is 123 Å². The third-order valence-electron chi connectivity index (χ3n) is 3.97. The molecule has 2 nitrogen and oxygen atoms in total. The SMILES string of the molecule is CCCNC1CCCOc2c1cc(C)cc2C(C)(C)C. The molecule has 1 aromatic rings. The van der Waals surface area contributed by atoms with Crippen LogP contribution in [0.2, 0.25) is 0 Å². The van der Waals surface area contributed by atoms with Gasteiger partial charge in [0.1, 0.15) is 5.75 Å². The molecule has 0 saturated carbocycles. The van der Waals surface area contributed by atoms with E-state index in [0.717, 1.165) is 25.3 Å². The molecule has 20 heavy (non-hydrogen) atoms. The van der Waals surface area contributed by atoms with Gasteiger partial charge in [0.15, 0.2) is 0 Å². The van der Waals surface area contributed by atoms with Crippen molar-refractivity contribution in [2.75, 3.05) is 13.2 Å². The summed E-state index contributed by atoms with van der Waals surface area (Å²) in [5, 5.41) is 3.69. The van der Waals surface area contributed by atoms with Crippen molar-refractivity contribution in [3.8, 4) is 5.75 Å². The number of hydrogen-bond acceptors (Lipinski definition) is 2. The molecule has 1 atom stereocenters. The molecular weight excluding hydrogens is 246 g/mol. The Balaban J connectivity index is 2.47. The van der Waals surface area contributed by atoms with Gasteiger partial charge in [0.2, 0.25) is 0 Å². The molecule has 112 valence electrons. The van der Waals surface area contributed by atoms with Gasteiger partial charge < -0.3 is 10.1 Å². The van der Waals surface area contributed by atoms with Crippen molar-refractivity contribution in [2.24, 2.45) is 0 Å². The number of rotatable bonds is 3. The molecule has 2 rings (SSSR count). The van der Waals surface area contributed by atoms with Crippen LogP contribution in [0.1, 0.15) is 69.7 Å². The Morgan fingerprint density at radius 1 is 1.30 bits per heavy atom. The van der Waals surface area contributed by atoms with Gasteiger partial charge in [0.25, 0.3) is 0 Å². The maximum atomic E-state index is 6.13. The lowest BCUT2D eigenvalue weighted by molar-refractivity contribution is 0.307. The Hall–Kier alpha value is -1.02. The van der Waals surface area contributed by atoms with Gasteiger partial charge in [-0.15, -0.1) is 0 Å². The molecule has 2 heteroatoms. The van der Waals surface area contributed by atoms with E-state index in [1.54, 1.807) is 0 Å². The van der Waals surface area contributed by atoms with Gasteiger partial charge in [-0.25, -0.2) is 0 Å². The van der Waals surface area contributed by atoms with Crippen molar-refractivity contribution in [2.45, 2.75) is 65.3 Å². The third-order valence-corrected chi connectivity index (χ3v) is 3.97. The third kappa shape index (κ3) is 3.35. The average Bonchev–Trinajstić information content (AvgIpc) is 2.56. The summed E-state index contributed by atoms with van der Waals surface area (Å²) in [6.45, 7) is 13.1. The summed E-state index contributed by atoms with van der Waals surface area (Å²) in [6.07, 6.45) is 3.46. The maximum Gasteiger partial charge on any atom is 0.127 e. The summed E-state index contributed by atoms with van der Waals surface area (Å²) in [4.78, 5) is 0. The Morgan fingerprint density at radius 2 is 2.05 bits per heavy atom. The van der Waals surface area contributed by atoms with E-state index in [1.807, 2.05) is 0 Å². The molecule has 0 radical (unpaired) electrons. The fraction of sp³-hybridized carbons (Fsp3) is 0.667. The number of hydrogen-bond donors (Lipinski definition) is 1. The van der Waals surface area contributed by atoms with Crippen molar-refractivity contribution in [1.29, 1.82) is 0 Å². The molecule has 1 heterocycles. The first-order valence-electron chi connectivity index (χ1n) is 7.94. The van der Waals surface area contributed by atoms with Gasteiger partial charge >= 0.3 is 0 Å². The van der Waals surface area contributed by atoms with Gasteiger partial charge in [-0.1, -0.05) is 45.4 Å². The van der Waals surface area contributed by atoms with Gasteiger partial charge in [0.05, 0.1) is 6.61 Å². The smallest absolute Gasteiger partial charge is 0.127 e. The first kappa shape index (κ1) is 15.4. The van der Waals surface area contributed by atoms with Crippen molar-refractivity contribution < 1.29 is 4.74 Å². The molecule has 1 unspecified atom stereocenters. The summed E-state index contributed by atoms with van der Waals surface area (Å²) in [5.41, 5.74) is 4.16. The lowest BCUT2D eigenvalue weighted by atomic mass is 9.83.